The van der Waals surface area contributed by atoms with Crippen LogP contribution in [0.25, 0.3) is 11.1 Å². The van der Waals surface area contributed by atoms with E-state index in [-0.39, 0.29) is 11.1 Å². The van der Waals surface area contributed by atoms with Crippen LogP contribution in [0, 0.1) is 40.8 Å². The monoisotopic (exact) mass is 246 g/mol. The van der Waals surface area contributed by atoms with E-state index in [1.54, 1.807) is 36.4 Å². The fourth-order valence-electron chi connectivity index (χ4n) is 1.71. The topological polar surface area (TPSA) is 47.6 Å². The summed E-state index contributed by atoms with van der Waals surface area (Å²) >= 11 is 0. The lowest BCUT2D eigenvalue weighted by Crippen LogP contribution is -1.92. The van der Waals surface area contributed by atoms with Crippen molar-refractivity contribution in [2.45, 2.75) is 0 Å². The van der Waals surface area contributed by atoms with Crippen LogP contribution in [-0.2, 0) is 0 Å². The molecular weight excluding hydrogens is 239 g/mol. The third-order valence-electron chi connectivity index (χ3n) is 2.70. The molecule has 2 nitrogen and oxygen atoms in total. The molecule has 3 heteroatoms. The van der Waals surface area contributed by atoms with Crippen molar-refractivity contribution < 1.29 is 4.39 Å². The van der Waals surface area contributed by atoms with Gasteiger partial charge < -0.3 is 0 Å². The van der Waals surface area contributed by atoms with Crippen molar-refractivity contribution >= 4 is 0 Å². The molecule has 0 aliphatic heterocycles. The van der Waals surface area contributed by atoms with Crippen molar-refractivity contribution in [3.63, 3.8) is 0 Å². The first-order valence-corrected chi connectivity index (χ1v) is 5.40. The van der Waals surface area contributed by atoms with Crippen molar-refractivity contribution in [1.82, 2.24) is 0 Å². The van der Waals surface area contributed by atoms with E-state index in [0.717, 1.165) is 11.1 Å². The number of benzene rings is 2. The molecule has 0 spiro atoms. The highest BCUT2D eigenvalue weighted by Crippen LogP contribution is 2.24. The summed E-state index contributed by atoms with van der Waals surface area (Å²) in [5.41, 5.74) is 1.82. The molecule has 2 aromatic rings. The number of hydrogen-bond donors (Lipinski definition) is 0. The van der Waals surface area contributed by atoms with E-state index >= 15 is 0 Å². The van der Waals surface area contributed by atoms with Crippen molar-refractivity contribution in [1.29, 1.82) is 10.5 Å². The summed E-state index contributed by atoms with van der Waals surface area (Å²) in [7, 11) is 0. The Labute approximate surface area is 110 Å². The standard InChI is InChI=1S/C16H7FN2/c1-2-11-3-5-12(6-4-11)13-7-14(9-18)16(17)15(8-13)10-19/h1,3-8H. The summed E-state index contributed by atoms with van der Waals surface area (Å²) in [6.45, 7) is 0. The Morgan fingerprint density at radius 1 is 0.895 bits per heavy atom. The zero-order valence-electron chi connectivity index (χ0n) is 9.81. The van der Waals surface area contributed by atoms with Crippen LogP contribution in [0.5, 0.6) is 0 Å². The van der Waals surface area contributed by atoms with Crippen molar-refractivity contribution in [3.8, 4) is 35.6 Å². The summed E-state index contributed by atoms with van der Waals surface area (Å²) < 4.78 is 13.6. The number of terminal acetylenes is 1. The number of rotatable bonds is 1. The van der Waals surface area contributed by atoms with E-state index in [0.29, 0.717) is 5.56 Å². The second-order valence-corrected chi connectivity index (χ2v) is 3.83. The van der Waals surface area contributed by atoms with Gasteiger partial charge in [-0.15, -0.1) is 6.42 Å². The lowest BCUT2D eigenvalue weighted by Gasteiger charge is -2.05. The molecular formula is C16H7FN2. The summed E-state index contributed by atoms with van der Waals surface area (Å²) in [5, 5.41) is 17.7. The average Bonchev–Trinajstić information content (AvgIpc) is 2.47. The highest BCUT2D eigenvalue weighted by atomic mass is 19.1. The molecule has 0 fully saturated rings. The van der Waals surface area contributed by atoms with Gasteiger partial charge in [-0.25, -0.2) is 4.39 Å². The molecule has 2 rings (SSSR count). The van der Waals surface area contributed by atoms with Crippen LogP contribution in [0.3, 0.4) is 0 Å². The number of hydrogen-bond acceptors (Lipinski definition) is 2. The van der Waals surface area contributed by atoms with E-state index in [1.165, 1.54) is 12.1 Å². The van der Waals surface area contributed by atoms with E-state index < -0.39 is 5.82 Å². The molecule has 0 aliphatic rings. The highest BCUT2D eigenvalue weighted by molar-refractivity contribution is 5.68. The Bertz CT molecular complexity index is 718. The van der Waals surface area contributed by atoms with Crippen LogP contribution in [0.2, 0.25) is 0 Å². The lowest BCUT2D eigenvalue weighted by molar-refractivity contribution is 0.620. The molecule has 0 saturated carbocycles. The third kappa shape index (κ3) is 2.29. The Hall–Kier alpha value is -3.09. The maximum absolute atomic E-state index is 13.6. The molecule has 0 unspecified atom stereocenters. The molecule has 0 N–H and O–H groups in total. The Morgan fingerprint density at radius 3 is 1.84 bits per heavy atom. The van der Waals surface area contributed by atoms with Crippen LogP contribution in [0.15, 0.2) is 36.4 Å². The van der Waals surface area contributed by atoms with Gasteiger partial charge in [0.2, 0.25) is 0 Å². The number of nitrogens with zero attached hydrogens (tertiary/aromatic N) is 2. The van der Waals surface area contributed by atoms with Crippen LogP contribution in [0.1, 0.15) is 16.7 Å². The Kier molecular flexibility index (Phi) is 3.29. The molecule has 88 valence electrons. The Balaban J connectivity index is 2.60. The minimum atomic E-state index is -0.783. The molecule has 0 atom stereocenters. The number of halogens is 1. The van der Waals surface area contributed by atoms with Gasteiger partial charge in [-0.3, -0.25) is 0 Å². The minimum absolute atomic E-state index is 0.143. The van der Waals surface area contributed by atoms with Gasteiger partial charge in [0, 0.05) is 5.56 Å². The van der Waals surface area contributed by atoms with E-state index in [2.05, 4.69) is 5.92 Å². The fraction of sp³-hybridized carbons (Fsp3) is 0. The van der Waals surface area contributed by atoms with Crippen LogP contribution >= 0.6 is 0 Å². The van der Waals surface area contributed by atoms with Crippen molar-refractivity contribution in [2.24, 2.45) is 0 Å². The summed E-state index contributed by atoms with van der Waals surface area (Å²) in [6, 6.07) is 13.4. The van der Waals surface area contributed by atoms with Gasteiger partial charge in [-0.1, -0.05) is 18.1 Å². The molecule has 0 saturated heterocycles. The molecule has 0 bridgehead atoms. The Morgan fingerprint density at radius 2 is 1.42 bits per heavy atom. The van der Waals surface area contributed by atoms with E-state index in [1.807, 2.05) is 0 Å². The first-order chi connectivity index (χ1) is 9.19. The fourth-order valence-corrected chi connectivity index (χ4v) is 1.71. The predicted octanol–water partition coefficient (Wildman–Crippen LogP) is 3.22. The normalized spacial score (nSPS) is 9.16. The molecule has 0 heterocycles. The summed E-state index contributed by atoms with van der Waals surface area (Å²) in [6.07, 6.45) is 5.26. The zero-order valence-corrected chi connectivity index (χ0v) is 9.81. The molecule has 0 aromatic heterocycles. The first-order valence-electron chi connectivity index (χ1n) is 5.40. The van der Waals surface area contributed by atoms with Crippen molar-refractivity contribution in [3.05, 3.63) is 58.9 Å². The molecule has 19 heavy (non-hydrogen) atoms. The maximum atomic E-state index is 13.6. The minimum Gasteiger partial charge on any atom is -0.204 e. The molecule has 2 aromatic carbocycles. The lowest BCUT2D eigenvalue weighted by atomic mass is 9.99. The summed E-state index contributed by atoms with van der Waals surface area (Å²) in [5.74, 6) is 1.71. The van der Waals surface area contributed by atoms with Crippen LogP contribution in [-0.4, -0.2) is 0 Å². The van der Waals surface area contributed by atoms with Gasteiger partial charge in [0.05, 0.1) is 11.1 Å². The van der Waals surface area contributed by atoms with E-state index in [9.17, 15) is 4.39 Å². The van der Waals surface area contributed by atoms with Crippen LogP contribution < -0.4 is 0 Å². The second kappa shape index (κ2) is 5.05. The number of nitriles is 2. The first kappa shape index (κ1) is 12.4. The summed E-state index contributed by atoms with van der Waals surface area (Å²) in [4.78, 5) is 0. The smallest absolute Gasteiger partial charge is 0.158 e. The second-order valence-electron chi connectivity index (χ2n) is 3.83. The predicted molar refractivity (Wildman–Crippen MR) is 69.2 cm³/mol. The highest BCUT2D eigenvalue weighted by Gasteiger charge is 2.11. The third-order valence-corrected chi connectivity index (χ3v) is 2.70. The SMILES string of the molecule is C#Cc1ccc(-c2cc(C#N)c(F)c(C#N)c2)cc1. The van der Waals surface area contributed by atoms with E-state index in [4.69, 9.17) is 16.9 Å². The van der Waals surface area contributed by atoms with Gasteiger partial charge in [-0.05, 0) is 35.4 Å². The van der Waals surface area contributed by atoms with Gasteiger partial charge in [0.1, 0.15) is 12.1 Å². The van der Waals surface area contributed by atoms with Crippen LogP contribution in [0.4, 0.5) is 4.39 Å². The maximum Gasteiger partial charge on any atom is 0.158 e. The van der Waals surface area contributed by atoms with Gasteiger partial charge in [0.25, 0.3) is 0 Å². The van der Waals surface area contributed by atoms with Gasteiger partial charge in [-0.2, -0.15) is 10.5 Å². The average molecular weight is 246 g/mol. The molecule has 0 amide bonds. The largest absolute Gasteiger partial charge is 0.204 e. The molecule has 0 radical (unpaired) electrons. The zero-order chi connectivity index (χ0) is 13.8. The van der Waals surface area contributed by atoms with Gasteiger partial charge in [0.15, 0.2) is 5.82 Å². The quantitative estimate of drug-likeness (QED) is 0.725. The molecule has 0 aliphatic carbocycles. The van der Waals surface area contributed by atoms with Gasteiger partial charge >= 0.3 is 0 Å². The van der Waals surface area contributed by atoms with Crippen molar-refractivity contribution in [2.75, 3.05) is 0 Å².